The number of amides is 1. The smallest absolute Gasteiger partial charge is 0.265 e. The van der Waals surface area contributed by atoms with Crippen molar-refractivity contribution in [1.29, 1.82) is 0 Å². The number of carbonyl (C=O) groups is 1. The maximum atomic E-state index is 12.5. The number of hydrogen-bond acceptors (Lipinski definition) is 3. The molecule has 1 aliphatic rings. The van der Waals surface area contributed by atoms with Gasteiger partial charge in [0.15, 0.2) is 0 Å². The Bertz CT molecular complexity index is 433. The minimum atomic E-state index is -0.0570. The first-order valence-electron chi connectivity index (χ1n) is 6.30. The number of nitrogens with zero attached hydrogens (tertiary/aromatic N) is 1. The minimum absolute atomic E-state index is 0.0287. The van der Waals surface area contributed by atoms with Crippen LogP contribution in [0, 0.1) is 6.92 Å². The molecule has 0 aromatic carbocycles. The maximum Gasteiger partial charge on any atom is 0.265 e. The third kappa shape index (κ3) is 2.71. The number of hydrogen-bond donors (Lipinski definition) is 1. The fraction of sp³-hybridized carbons (Fsp3) is 0.615. The van der Waals surface area contributed by atoms with Crippen LogP contribution in [0.25, 0.3) is 0 Å². The molecule has 0 saturated carbocycles. The summed E-state index contributed by atoms with van der Waals surface area (Å²) in [6.07, 6.45) is 4.08. The minimum Gasteiger partial charge on any atom is -0.394 e. The summed E-state index contributed by atoms with van der Waals surface area (Å²) >= 11 is 7.55. The molecule has 1 aromatic rings. The second-order valence-corrected chi connectivity index (χ2v) is 6.00. The van der Waals surface area contributed by atoms with Crippen molar-refractivity contribution < 1.29 is 9.90 Å². The highest BCUT2D eigenvalue weighted by Crippen LogP contribution is 2.30. The second-order valence-electron chi connectivity index (χ2n) is 4.75. The molecule has 2 heterocycles. The Morgan fingerprint density at radius 3 is 2.94 bits per heavy atom. The van der Waals surface area contributed by atoms with Crippen LogP contribution in [0.4, 0.5) is 0 Å². The molecule has 0 spiro atoms. The molecule has 0 radical (unpaired) electrons. The molecular formula is C13H18ClNO2S. The summed E-state index contributed by atoms with van der Waals surface area (Å²) in [6.45, 7) is 2.66. The van der Waals surface area contributed by atoms with Gasteiger partial charge in [-0.1, -0.05) is 24.4 Å². The largest absolute Gasteiger partial charge is 0.394 e. The van der Waals surface area contributed by atoms with Crippen LogP contribution in [0.15, 0.2) is 5.38 Å². The van der Waals surface area contributed by atoms with Crippen molar-refractivity contribution in [2.75, 3.05) is 13.2 Å². The van der Waals surface area contributed by atoms with Crippen molar-refractivity contribution in [3.63, 3.8) is 0 Å². The summed E-state index contributed by atoms with van der Waals surface area (Å²) in [4.78, 5) is 14.9. The quantitative estimate of drug-likeness (QED) is 0.908. The van der Waals surface area contributed by atoms with Crippen LogP contribution < -0.4 is 0 Å². The lowest BCUT2D eigenvalue weighted by Crippen LogP contribution is -2.41. The van der Waals surface area contributed by atoms with Crippen LogP contribution >= 0.6 is 22.9 Å². The van der Waals surface area contributed by atoms with Gasteiger partial charge in [-0.15, -0.1) is 11.3 Å². The molecule has 3 nitrogen and oxygen atoms in total. The predicted octanol–water partition coefficient (Wildman–Crippen LogP) is 3.09. The summed E-state index contributed by atoms with van der Waals surface area (Å²) in [5, 5.41) is 11.9. The van der Waals surface area contributed by atoms with Gasteiger partial charge in [-0.25, -0.2) is 0 Å². The number of halogens is 1. The van der Waals surface area contributed by atoms with E-state index < -0.39 is 0 Å². The van der Waals surface area contributed by atoms with Crippen molar-refractivity contribution in [2.24, 2.45) is 0 Å². The highest BCUT2D eigenvalue weighted by Gasteiger charge is 2.28. The summed E-state index contributed by atoms with van der Waals surface area (Å²) in [5.74, 6) is -0.0287. The number of likely N-dealkylation sites (tertiary alicyclic amines) is 1. The third-order valence-electron chi connectivity index (χ3n) is 3.44. The molecule has 1 aliphatic heterocycles. The van der Waals surface area contributed by atoms with E-state index in [2.05, 4.69) is 0 Å². The zero-order valence-corrected chi connectivity index (χ0v) is 12.1. The lowest BCUT2D eigenvalue weighted by atomic mass is 10.1. The molecule has 0 bridgehead atoms. The number of aliphatic hydroxyl groups is 1. The highest BCUT2D eigenvalue weighted by molar-refractivity contribution is 7.13. The molecule has 2 rings (SSSR count). The molecule has 1 N–H and O–H groups in total. The monoisotopic (exact) mass is 287 g/mol. The van der Waals surface area contributed by atoms with E-state index in [0.29, 0.717) is 9.90 Å². The van der Waals surface area contributed by atoms with E-state index in [4.69, 9.17) is 11.6 Å². The molecule has 0 aliphatic carbocycles. The average molecular weight is 288 g/mol. The van der Waals surface area contributed by atoms with E-state index in [9.17, 15) is 9.90 Å². The van der Waals surface area contributed by atoms with Crippen LogP contribution in [-0.2, 0) is 0 Å². The molecule has 1 saturated heterocycles. The molecule has 5 heteroatoms. The van der Waals surface area contributed by atoms with Gasteiger partial charge in [-0.3, -0.25) is 4.79 Å². The van der Waals surface area contributed by atoms with Crippen molar-refractivity contribution in [3.05, 3.63) is 20.8 Å². The molecule has 18 heavy (non-hydrogen) atoms. The van der Waals surface area contributed by atoms with Gasteiger partial charge in [0.05, 0.1) is 17.7 Å². The lowest BCUT2D eigenvalue weighted by molar-refractivity contribution is 0.0605. The van der Waals surface area contributed by atoms with Gasteiger partial charge in [0.25, 0.3) is 5.91 Å². The fourth-order valence-corrected chi connectivity index (χ4v) is 3.57. The number of aliphatic hydroxyl groups excluding tert-OH is 1. The summed E-state index contributed by atoms with van der Waals surface area (Å²) in [5.41, 5.74) is 0.945. The third-order valence-corrected chi connectivity index (χ3v) is 5.13. The van der Waals surface area contributed by atoms with Gasteiger partial charge in [0.1, 0.15) is 4.88 Å². The van der Waals surface area contributed by atoms with Crippen molar-refractivity contribution in [1.82, 2.24) is 4.90 Å². The Kier molecular flexibility index (Phi) is 4.65. The van der Waals surface area contributed by atoms with Gasteiger partial charge >= 0.3 is 0 Å². The van der Waals surface area contributed by atoms with Crippen molar-refractivity contribution >= 4 is 28.8 Å². The predicted molar refractivity (Wildman–Crippen MR) is 74.4 cm³/mol. The van der Waals surface area contributed by atoms with E-state index in [0.717, 1.165) is 37.8 Å². The van der Waals surface area contributed by atoms with Gasteiger partial charge in [-0.2, -0.15) is 0 Å². The second kappa shape index (κ2) is 6.04. The van der Waals surface area contributed by atoms with Gasteiger partial charge in [0.2, 0.25) is 0 Å². The molecule has 1 unspecified atom stereocenters. The molecule has 1 amide bonds. The number of carbonyl (C=O) groups excluding carboxylic acids is 1. The molecule has 1 atom stereocenters. The summed E-state index contributed by atoms with van der Waals surface area (Å²) in [6, 6.07) is -0.0570. The van der Waals surface area contributed by atoms with Crippen LogP contribution in [0.5, 0.6) is 0 Å². The lowest BCUT2D eigenvalue weighted by Gasteiger charge is -2.28. The van der Waals surface area contributed by atoms with Crippen molar-refractivity contribution in [3.8, 4) is 0 Å². The summed E-state index contributed by atoms with van der Waals surface area (Å²) in [7, 11) is 0. The van der Waals surface area contributed by atoms with E-state index in [1.54, 1.807) is 4.90 Å². The molecule has 1 aromatic heterocycles. The average Bonchev–Trinajstić information content (AvgIpc) is 2.59. The SMILES string of the molecule is Cc1csc(C(=O)N2CCCCCC2CO)c1Cl. The van der Waals surface area contributed by atoms with Crippen LogP contribution in [0.1, 0.15) is 40.9 Å². The van der Waals surface area contributed by atoms with Crippen LogP contribution in [0.3, 0.4) is 0 Å². The zero-order valence-electron chi connectivity index (χ0n) is 10.5. The van der Waals surface area contributed by atoms with Crippen LogP contribution in [0.2, 0.25) is 5.02 Å². The van der Waals surface area contributed by atoms with E-state index in [1.807, 2.05) is 12.3 Å². The van der Waals surface area contributed by atoms with Gasteiger partial charge in [-0.05, 0) is 30.7 Å². The topological polar surface area (TPSA) is 40.5 Å². The Hall–Kier alpha value is -0.580. The zero-order chi connectivity index (χ0) is 13.1. The summed E-state index contributed by atoms with van der Waals surface area (Å²) < 4.78 is 0. The Morgan fingerprint density at radius 2 is 2.33 bits per heavy atom. The first-order chi connectivity index (χ1) is 8.65. The molecule has 100 valence electrons. The van der Waals surface area contributed by atoms with Crippen LogP contribution in [-0.4, -0.2) is 35.1 Å². The number of thiophene rings is 1. The maximum absolute atomic E-state index is 12.5. The number of rotatable bonds is 2. The van der Waals surface area contributed by atoms with Gasteiger partial charge < -0.3 is 10.0 Å². The standard InChI is InChI=1S/C13H18ClNO2S/c1-9-8-18-12(11(9)14)13(17)15-6-4-2-3-5-10(15)7-16/h8,10,16H,2-7H2,1H3. The van der Waals surface area contributed by atoms with E-state index in [-0.39, 0.29) is 18.6 Å². The Balaban J connectivity index is 2.22. The Labute approximate surface area is 116 Å². The molecule has 1 fully saturated rings. The number of aryl methyl sites for hydroxylation is 1. The van der Waals surface area contributed by atoms with E-state index in [1.165, 1.54) is 11.3 Å². The first-order valence-corrected chi connectivity index (χ1v) is 7.56. The highest BCUT2D eigenvalue weighted by atomic mass is 35.5. The Morgan fingerprint density at radius 1 is 1.56 bits per heavy atom. The van der Waals surface area contributed by atoms with E-state index >= 15 is 0 Å². The van der Waals surface area contributed by atoms with Gasteiger partial charge in [0, 0.05) is 6.54 Å². The first kappa shape index (κ1) is 13.8. The van der Waals surface area contributed by atoms with Crippen molar-refractivity contribution in [2.45, 2.75) is 38.6 Å². The normalized spacial score (nSPS) is 20.8. The fourth-order valence-electron chi connectivity index (χ4n) is 2.34. The molecular weight excluding hydrogens is 270 g/mol.